The van der Waals surface area contributed by atoms with Gasteiger partial charge in [-0.05, 0) is 12.8 Å². The fraction of sp³-hybridized carbons (Fsp3) is 0.727. The summed E-state index contributed by atoms with van der Waals surface area (Å²) in [4.78, 5) is 0. The lowest BCUT2D eigenvalue weighted by Crippen LogP contribution is -2.29. The van der Waals surface area contributed by atoms with Crippen molar-refractivity contribution in [2.45, 2.75) is 32.4 Å². The monoisotopic (exact) mass is 291 g/mol. The molecule has 3 N–H and O–H groups in total. The van der Waals surface area contributed by atoms with E-state index in [-0.39, 0.29) is 23.7 Å². The van der Waals surface area contributed by atoms with Crippen LogP contribution in [0.15, 0.2) is 5.03 Å². The molecular formula is C11H21N3O4S. The van der Waals surface area contributed by atoms with E-state index in [9.17, 15) is 8.42 Å². The van der Waals surface area contributed by atoms with Crippen molar-refractivity contribution in [3.05, 3.63) is 11.3 Å². The maximum absolute atomic E-state index is 12.0. The topological polar surface area (TPSA) is 104 Å². The highest BCUT2D eigenvalue weighted by atomic mass is 32.2. The fourth-order valence-electron chi connectivity index (χ4n) is 1.47. The second-order valence-corrected chi connectivity index (χ2v) is 6.34. The van der Waals surface area contributed by atoms with Crippen LogP contribution in [0.5, 0.6) is 0 Å². The average Bonchev–Trinajstić information content (AvgIpc) is 2.70. The number of aryl methyl sites for hydroxylation is 1. The number of hydrogen-bond acceptors (Lipinski definition) is 5. The first-order valence-electron chi connectivity index (χ1n) is 6.10. The van der Waals surface area contributed by atoms with E-state index >= 15 is 0 Å². The van der Waals surface area contributed by atoms with Crippen LogP contribution >= 0.6 is 0 Å². The SMILES string of the molecule is Cc1[nH]nc(S(=O)(=O)NCCOCC(C)C)c1CO. The molecule has 0 aliphatic rings. The standard InChI is InChI=1S/C11H21N3O4S/c1-8(2)7-18-5-4-12-19(16,17)11-10(6-15)9(3)13-14-11/h8,12,15H,4-7H2,1-3H3,(H,13,14). The second-order valence-electron chi connectivity index (χ2n) is 4.66. The zero-order valence-corrected chi connectivity index (χ0v) is 12.2. The van der Waals surface area contributed by atoms with Crippen LogP contribution in [-0.4, -0.2) is 43.5 Å². The van der Waals surface area contributed by atoms with Gasteiger partial charge in [0.05, 0.1) is 13.2 Å². The summed E-state index contributed by atoms with van der Waals surface area (Å²) in [6, 6.07) is 0. The Balaban J connectivity index is 2.56. The van der Waals surface area contributed by atoms with E-state index in [2.05, 4.69) is 14.9 Å². The summed E-state index contributed by atoms with van der Waals surface area (Å²) in [5, 5.41) is 15.2. The highest BCUT2D eigenvalue weighted by Crippen LogP contribution is 2.15. The fourth-order valence-corrected chi connectivity index (χ4v) is 2.67. The van der Waals surface area contributed by atoms with Crippen molar-refractivity contribution in [1.29, 1.82) is 0 Å². The molecule has 1 rings (SSSR count). The second kappa shape index (κ2) is 6.99. The molecule has 0 saturated carbocycles. The smallest absolute Gasteiger partial charge is 0.260 e. The number of rotatable bonds is 8. The van der Waals surface area contributed by atoms with Crippen molar-refractivity contribution in [2.75, 3.05) is 19.8 Å². The summed E-state index contributed by atoms with van der Waals surface area (Å²) in [5.74, 6) is 0.409. The molecule has 0 fully saturated rings. The van der Waals surface area contributed by atoms with E-state index in [0.717, 1.165) is 0 Å². The van der Waals surface area contributed by atoms with Gasteiger partial charge in [-0.1, -0.05) is 13.8 Å². The lowest BCUT2D eigenvalue weighted by molar-refractivity contribution is 0.114. The molecule has 0 saturated heterocycles. The summed E-state index contributed by atoms with van der Waals surface area (Å²) in [6.45, 7) is 6.38. The Morgan fingerprint density at radius 1 is 1.47 bits per heavy atom. The number of aromatic amines is 1. The number of aliphatic hydroxyl groups is 1. The summed E-state index contributed by atoms with van der Waals surface area (Å²) in [5.41, 5.74) is 0.828. The number of nitrogens with one attached hydrogen (secondary N) is 2. The van der Waals surface area contributed by atoms with E-state index in [1.165, 1.54) is 0 Å². The van der Waals surface area contributed by atoms with Gasteiger partial charge in [0.25, 0.3) is 10.0 Å². The van der Waals surface area contributed by atoms with Gasteiger partial charge in [0.15, 0.2) is 5.03 Å². The van der Waals surface area contributed by atoms with Crippen molar-refractivity contribution in [3.63, 3.8) is 0 Å². The van der Waals surface area contributed by atoms with E-state index in [1.807, 2.05) is 13.8 Å². The molecule has 0 aliphatic heterocycles. The number of aromatic nitrogens is 2. The minimum atomic E-state index is -3.72. The van der Waals surface area contributed by atoms with Crippen molar-refractivity contribution in [1.82, 2.24) is 14.9 Å². The van der Waals surface area contributed by atoms with Gasteiger partial charge < -0.3 is 9.84 Å². The van der Waals surface area contributed by atoms with Crippen LogP contribution < -0.4 is 4.72 Å². The van der Waals surface area contributed by atoms with Gasteiger partial charge in [-0.15, -0.1) is 0 Å². The maximum atomic E-state index is 12.0. The van der Waals surface area contributed by atoms with Gasteiger partial charge in [0, 0.05) is 24.4 Å². The third-order valence-electron chi connectivity index (χ3n) is 2.44. The molecule has 8 heteroatoms. The van der Waals surface area contributed by atoms with Crippen molar-refractivity contribution < 1.29 is 18.3 Å². The van der Waals surface area contributed by atoms with E-state index < -0.39 is 10.0 Å². The number of aliphatic hydroxyl groups excluding tert-OH is 1. The van der Waals surface area contributed by atoms with Crippen LogP contribution in [0.25, 0.3) is 0 Å². The maximum Gasteiger partial charge on any atom is 0.260 e. The van der Waals surface area contributed by atoms with Crippen LogP contribution in [0.3, 0.4) is 0 Å². The summed E-state index contributed by atoms with van der Waals surface area (Å²) in [7, 11) is -3.72. The van der Waals surface area contributed by atoms with Gasteiger partial charge >= 0.3 is 0 Å². The molecule has 0 aliphatic carbocycles. The minimum absolute atomic E-state index is 0.156. The van der Waals surface area contributed by atoms with Crippen molar-refractivity contribution in [3.8, 4) is 0 Å². The first-order chi connectivity index (χ1) is 8.88. The molecule has 0 spiro atoms. The van der Waals surface area contributed by atoms with Gasteiger partial charge in [0.2, 0.25) is 0 Å². The summed E-state index contributed by atoms with van der Waals surface area (Å²) < 4.78 is 31.6. The highest BCUT2D eigenvalue weighted by Gasteiger charge is 2.22. The summed E-state index contributed by atoms with van der Waals surface area (Å²) >= 11 is 0. The Morgan fingerprint density at radius 3 is 2.74 bits per heavy atom. The van der Waals surface area contributed by atoms with Gasteiger partial charge in [-0.2, -0.15) is 5.10 Å². The zero-order valence-electron chi connectivity index (χ0n) is 11.4. The molecule has 1 aromatic heterocycles. The molecule has 1 aromatic rings. The zero-order chi connectivity index (χ0) is 14.5. The first-order valence-corrected chi connectivity index (χ1v) is 7.59. The van der Waals surface area contributed by atoms with Crippen LogP contribution in [0.4, 0.5) is 0 Å². The van der Waals surface area contributed by atoms with Gasteiger partial charge in [0.1, 0.15) is 0 Å². The predicted octanol–water partition coefficient (Wildman–Crippen LogP) is 0.161. The number of nitrogens with zero attached hydrogens (tertiary/aromatic N) is 1. The molecule has 0 aromatic carbocycles. The normalized spacial score (nSPS) is 12.3. The molecule has 1 heterocycles. The van der Waals surface area contributed by atoms with Crippen LogP contribution in [-0.2, 0) is 21.4 Å². The minimum Gasteiger partial charge on any atom is -0.392 e. The average molecular weight is 291 g/mol. The third-order valence-corrected chi connectivity index (χ3v) is 3.87. The predicted molar refractivity (Wildman–Crippen MR) is 70.1 cm³/mol. The Bertz CT molecular complexity index is 496. The highest BCUT2D eigenvalue weighted by molar-refractivity contribution is 7.89. The molecule has 0 bridgehead atoms. The largest absolute Gasteiger partial charge is 0.392 e. The molecule has 0 atom stereocenters. The van der Waals surface area contributed by atoms with E-state index in [4.69, 9.17) is 9.84 Å². The number of hydrogen-bond donors (Lipinski definition) is 3. The Morgan fingerprint density at radius 2 is 2.16 bits per heavy atom. The molecule has 0 amide bonds. The van der Waals surface area contributed by atoms with Crippen LogP contribution in [0.1, 0.15) is 25.1 Å². The molecule has 0 radical (unpaired) electrons. The lowest BCUT2D eigenvalue weighted by atomic mass is 10.2. The molecule has 7 nitrogen and oxygen atoms in total. The van der Waals surface area contributed by atoms with Crippen LogP contribution in [0, 0.1) is 12.8 Å². The Hall–Kier alpha value is -0.960. The third kappa shape index (κ3) is 4.57. The van der Waals surface area contributed by atoms with Crippen molar-refractivity contribution >= 4 is 10.0 Å². The number of sulfonamides is 1. The van der Waals surface area contributed by atoms with Gasteiger partial charge in [-0.25, -0.2) is 13.1 Å². The molecule has 19 heavy (non-hydrogen) atoms. The van der Waals surface area contributed by atoms with E-state index in [1.54, 1.807) is 6.92 Å². The summed E-state index contributed by atoms with van der Waals surface area (Å²) in [6.07, 6.45) is 0. The molecule has 110 valence electrons. The van der Waals surface area contributed by atoms with Crippen molar-refractivity contribution in [2.24, 2.45) is 5.92 Å². The molecule has 0 unspecified atom stereocenters. The lowest BCUT2D eigenvalue weighted by Gasteiger charge is -2.08. The molecular weight excluding hydrogens is 270 g/mol. The van der Waals surface area contributed by atoms with E-state index in [0.29, 0.717) is 24.8 Å². The Labute approximate surface area is 113 Å². The van der Waals surface area contributed by atoms with Crippen LogP contribution in [0.2, 0.25) is 0 Å². The first kappa shape index (κ1) is 16.1. The Kier molecular flexibility index (Phi) is 5.92. The quantitative estimate of drug-likeness (QED) is 0.592. The number of ether oxygens (including phenoxy) is 1. The number of H-pyrrole nitrogens is 1. The van der Waals surface area contributed by atoms with Gasteiger partial charge in [-0.3, -0.25) is 5.10 Å².